The molecule has 0 radical (unpaired) electrons. The van der Waals surface area contributed by atoms with Gasteiger partial charge in [-0.1, -0.05) is 12.1 Å². The largest absolute Gasteiger partial charge is 0.489 e. The maximum absolute atomic E-state index is 13.5. The fourth-order valence-electron chi connectivity index (χ4n) is 2.04. The van der Waals surface area contributed by atoms with E-state index in [0.29, 0.717) is 24.9 Å². The number of nitrogen functional groups attached to an aromatic ring is 1. The molecular weight excluding hydrogens is 311 g/mol. The van der Waals surface area contributed by atoms with Crippen LogP contribution >= 0.6 is 0 Å². The minimum absolute atomic E-state index is 0.0850. The lowest BCUT2D eigenvalue weighted by Crippen LogP contribution is -2.29. The van der Waals surface area contributed by atoms with Gasteiger partial charge in [0.2, 0.25) is 11.9 Å². The molecule has 0 aliphatic heterocycles. The third-order valence-corrected chi connectivity index (χ3v) is 3.63. The third kappa shape index (κ3) is 4.51. The summed E-state index contributed by atoms with van der Waals surface area (Å²) >= 11 is 0. The van der Waals surface area contributed by atoms with Crippen molar-refractivity contribution in [1.82, 2.24) is 19.9 Å². The molecule has 130 valence electrons. The van der Waals surface area contributed by atoms with Crippen LogP contribution < -0.4 is 15.4 Å². The van der Waals surface area contributed by atoms with Crippen LogP contribution in [0.15, 0.2) is 24.3 Å². The average molecular weight is 334 g/mol. The molecule has 2 rings (SSSR count). The van der Waals surface area contributed by atoms with Gasteiger partial charge in [0, 0.05) is 20.6 Å². The van der Waals surface area contributed by atoms with Crippen LogP contribution in [0.3, 0.4) is 0 Å². The molecule has 24 heavy (non-hydrogen) atoms. The molecule has 0 spiro atoms. The molecule has 0 saturated carbocycles. The van der Waals surface area contributed by atoms with Crippen molar-refractivity contribution in [2.45, 2.75) is 13.0 Å². The van der Waals surface area contributed by atoms with Crippen molar-refractivity contribution >= 4 is 11.9 Å². The standard InChI is InChI=1S/C16H23FN6O/c1-11(14-19-15(18)21-16(20-14)22(2)3)23(4)9-10-24-13-8-6-5-7-12(13)17/h5-8,11H,9-10H2,1-4H3,(H2,18,19,20,21). The summed E-state index contributed by atoms with van der Waals surface area (Å²) in [4.78, 5) is 16.5. The SMILES string of the molecule is CC(c1nc(N)nc(N(C)C)n1)N(C)CCOc1ccccc1F. The summed E-state index contributed by atoms with van der Waals surface area (Å²) in [7, 11) is 5.61. The smallest absolute Gasteiger partial charge is 0.229 e. The maximum atomic E-state index is 13.5. The molecule has 8 heteroatoms. The van der Waals surface area contributed by atoms with Gasteiger partial charge in [-0.2, -0.15) is 15.0 Å². The van der Waals surface area contributed by atoms with Gasteiger partial charge in [0.15, 0.2) is 17.4 Å². The molecule has 0 aliphatic rings. The van der Waals surface area contributed by atoms with Crippen LogP contribution in [0.25, 0.3) is 0 Å². The predicted molar refractivity (Wildman–Crippen MR) is 91.5 cm³/mol. The zero-order valence-corrected chi connectivity index (χ0v) is 14.4. The van der Waals surface area contributed by atoms with Gasteiger partial charge in [-0.05, 0) is 26.1 Å². The van der Waals surface area contributed by atoms with Crippen LogP contribution in [0.1, 0.15) is 18.8 Å². The Hall–Kier alpha value is -2.48. The highest BCUT2D eigenvalue weighted by Gasteiger charge is 2.17. The Kier molecular flexibility index (Phi) is 5.86. The first kappa shape index (κ1) is 17.9. The first-order chi connectivity index (χ1) is 11.4. The van der Waals surface area contributed by atoms with Crippen molar-refractivity contribution in [3.8, 4) is 5.75 Å². The molecule has 1 unspecified atom stereocenters. The lowest BCUT2D eigenvalue weighted by Gasteiger charge is -2.24. The molecule has 1 aromatic carbocycles. The topological polar surface area (TPSA) is 80.4 Å². The van der Waals surface area contributed by atoms with Crippen molar-refractivity contribution in [2.75, 3.05) is 44.9 Å². The lowest BCUT2D eigenvalue weighted by molar-refractivity contribution is 0.192. The summed E-state index contributed by atoms with van der Waals surface area (Å²) in [5.41, 5.74) is 5.75. The maximum Gasteiger partial charge on any atom is 0.229 e. The quantitative estimate of drug-likeness (QED) is 0.826. The number of nitrogens with zero attached hydrogens (tertiary/aromatic N) is 5. The Morgan fingerprint density at radius 2 is 1.88 bits per heavy atom. The number of hydrogen-bond acceptors (Lipinski definition) is 7. The van der Waals surface area contributed by atoms with E-state index < -0.39 is 0 Å². The number of benzene rings is 1. The minimum atomic E-state index is -0.367. The second-order valence-electron chi connectivity index (χ2n) is 5.68. The summed E-state index contributed by atoms with van der Waals surface area (Å²) < 4.78 is 19.0. The normalized spacial score (nSPS) is 12.2. The van der Waals surface area contributed by atoms with Gasteiger partial charge in [-0.3, -0.25) is 4.90 Å². The molecule has 2 aromatic rings. The molecule has 0 bridgehead atoms. The van der Waals surface area contributed by atoms with E-state index in [1.54, 1.807) is 23.1 Å². The number of nitrogens with two attached hydrogens (primary N) is 1. The van der Waals surface area contributed by atoms with Gasteiger partial charge in [-0.15, -0.1) is 0 Å². The molecule has 2 N–H and O–H groups in total. The average Bonchev–Trinajstić information content (AvgIpc) is 2.55. The fourth-order valence-corrected chi connectivity index (χ4v) is 2.04. The van der Waals surface area contributed by atoms with E-state index in [2.05, 4.69) is 15.0 Å². The zero-order chi connectivity index (χ0) is 17.7. The molecule has 0 amide bonds. The van der Waals surface area contributed by atoms with Crippen LogP contribution in [-0.4, -0.2) is 54.1 Å². The Balaban J connectivity index is 1.97. The molecule has 1 atom stereocenters. The van der Waals surface area contributed by atoms with Crippen molar-refractivity contribution in [1.29, 1.82) is 0 Å². The van der Waals surface area contributed by atoms with Crippen LogP contribution in [0.2, 0.25) is 0 Å². The molecule has 0 aliphatic carbocycles. The summed E-state index contributed by atoms with van der Waals surface area (Å²) in [5.74, 6) is 1.17. The van der Waals surface area contributed by atoms with Crippen LogP contribution in [0, 0.1) is 5.82 Å². The number of anilines is 2. The summed E-state index contributed by atoms with van der Waals surface area (Å²) in [6.45, 7) is 2.90. The zero-order valence-electron chi connectivity index (χ0n) is 14.4. The van der Waals surface area contributed by atoms with E-state index in [0.717, 1.165) is 0 Å². The van der Waals surface area contributed by atoms with Gasteiger partial charge in [0.1, 0.15) is 6.61 Å². The molecule has 0 fully saturated rings. The van der Waals surface area contributed by atoms with Crippen molar-refractivity contribution in [3.63, 3.8) is 0 Å². The van der Waals surface area contributed by atoms with E-state index in [4.69, 9.17) is 10.5 Å². The van der Waals surface area contributed by atoms with Gasteiger partial charge < -0.3 is 15.4 Å². The number of ether oxygens (including phenoxy) is 1. The number of para-hydroxylation sites is 1. The Bertz CT molecular complexity index is 681. The van der Waals surface area contributed by atoms with Gasteiger partial charge in [-0.25, -0.2) is 4.39 Å². The van der Waals surface area contributed by atoms with Crippen molar-refractivity contribution in [3.05, 3.63) is 35.9 Å². The van der Waals surface area contributed by atoms with Crippen LogP contribution in [0.5, 0.6) is 5.75 Å². The third-order valence-electron chi connectivity index (χ3n) is 3.63. The van der Waals surface area contributed by atoms with Crippen molar-refractivity contribution < 1.29 is 9.13 Å². The molecule has 0 saturated heterocycles. The highest BCUT2D eigenvalue weighted by molar-refractivity contribution is 5.33. The monoisotopic (exact) mass is 334 g/mol. The summed E-state index contributed by atoms with van der Waals surface area (Å²) in [6, 6.07) is 6.26. The van der Waals surface area contributed by atoms with E-state index >= 15 is 0 Å². The van der Waals surface area contributed by atoms with E-state index in [-0.39, 0.29) is 23.6 Å². The first-order valence-corrected chi connectivity index (χ1v) is 7.65. The second kappa shape index (κ2) is 7.87. The molecule has 7 nitrogen and oxygen atoms in total. The number of rotatable bonds is 7. The Morgan fingerprint density at radius 1 is 1.17 bits per heavy atom. The molecular formula is C16H23FN6O. The van der Waals surface area contributed by atoms with E-state index in [1.807, 2.05) is 33.0 Å². The molecule has 1 aromatic heterocycles. The summed E-state index contributed by atoms with van der Waals surface area (Å²) in [6.07, 6.45) is 0. The predicted octanol–water partition coefficient (Wildman–Crippen LogP) is 1.73. The number of aromatic nitrogens is 3. The van der Waals surface area contributed by atoms with Crippen LogP contribution in [0.4, 0.5) is 16.3 Å². The van der Waals surface area contributed by atoms with E-state index in [1.165, 1.54) is 6.07 Å². The van der Waals surface area contributed by atoms with Crippen LogP contribution in [-0.2, 0) is 0 Å². The van der Waals surface area contributed by atoms with E-state index in [9.17, 15) is 4.39 Å². The Morgan fingerprint density at radius 3 is 2.54 bits per heavy atom. The van der Waals surface area contributed by atoms with Gasteiger partial charge in [0.25, 0.3) is 0 Å². The van der Waals surface area contributed by atoms with Crippen molar-refractivity contribution in [2.24, 2.45) is 0 Å². The highest BCUT2D eigenvalue weighted by Crippen LogP contribution is 2.18. The lowest BCUT2D eigenvalue weighted by atomic mass is 10.3. The number of halogens is 1. The minimum Gasteiger partial charge on any atom is -0.489 e. The Labute approximate surface area is 141 Å². The highest BCUT2D eigenvalue weighted by atomic mass is 19.1. The molecule has 1 heterocycles. The van der Waals surface area contributed by atoms with Gasteiger partial charge >= 0.3 is 0 Å². The summed E-state index contributed by atoms with van der Waals surface area (Å²) in [5, 5.41) is 0. The fraction of sp³-hybridized carbons (Fsp3) is 0.438. The van der Waals surface area contributed by atoms with Gasteiger partial charge in [0.05, 0.1) is 6.04 Å². The first-order valence-electron chi connectivity index (χ1n) is 7.65. The number of hydrogen-bond donors (Lipinski definition) is 1. The number of likely N-dealkylation sites (N-methyl/N-ethyl adjacent to an activating group) is 1. The second-order valence-corrected chi connectivity index (χ2v) is 5.68.